The minimum atomic E-state index is -0.153. The Hall–Kier alpha value is -2.94. The molecule has 1 aromatic heterocycles. The molecule has 2 aromatic carbocycles. The molecule has 0 spiro atoms. The summed E-state index contributed by atoms with van der Waals surface area (Å²) in [4.78, 5) is 16.8. The summed E-state index contributed by atoms with van der Waals surface area (Å²) in [5, 5.41) is 3.92. The number of pyridine rings is 1. The van der Waals surface area contributed by atoms with E-state index in [1.54, 1.807) is 12.3 Å². The van der Waals surface area contributed by atoms with Crippen molar-refractivity contribution < 1.29 is 4.79 Å². The lowest BCUT2D eigenvalue weighted by atomic mass is 9.63. The molecular weight excluding hydrogens is 356 g/mol. The van der Waals surface area contributed by atoms with Gasteiger partial charge in [0.2, 0.25) is 5.91 Å². The van der Waals surface area contributed by atoms with E-state index >= 15 is 0 Å². The van der Waals surface area contributed by atoms with Crippen molar-refractivity contribution in [1.29, 1.82) is 0 Å². The molecule has 0 aliphatic heterocycles. The molecule has 0 bridgehead atoms. The van der Waals surface area contributed by atoms with Crippen LogP contribution in [0.1, 0.15) is 57.2 Å². The van der Waals surface area contributed by atoms with Crippen molar-refractivity contribution in [2.45, 2.75) is 51.4 Å². The van der Waals surface area contributed by atoms with E-state index < -0.39 is 0 Å². The highest BCUT2D eigenvalue weighted by atomic mass is 16.1. The molecule has 1 heterocycles. The van der Waals surface area contributed by atoms with Gasteiger partial charge in [0.1, 0.15) is 0 Å². The monoisotopic (exact) mass is 384 g/mol. The lowest BCUT2D eigenvalue weighted by Crippen LogP contribution is -2.33. The normalized spacial score (nSPS) is 17.2. The molecule has 3 heteroatoms. The second-order valence-electron chi connectivity index (χ2n) is 9.31. The average molecular weight is 385 g/mol. The Balaban J connectivity index is 1.53. The smallest absolute Gasteiger partial charge is 0.248 e. The summed E-state index contributed by atoms with van der Waals surface area (Å²) in [5.74, 6) is -0.153. The first kappa shape index (κ1) is 19.4. The number of aromatic nitrogens is 1. The van der Waals surface area contributed by atoms with Crippen LogP contribution in [0.4, 0.5) is 5.69 Å². The first-order valence-electron chi connectivity index (χ1n) is 10.2. The van der Waals surface area contributed by atoms with Gasteiger partial charge in [0.15, 0.2) is 0 Å². The van der Waals surface area contributed by atoms with Crippen LogP contribution in [0.3, 0.4) is 0 Å². The van der Waals surface area contributed by atoms with Crippen molar-refractivity contribution in [2.24, 2.45) is 0 Å². The van der Waals surface area contributed by atoms with E-state index in [1.807, 2.05) is 36.4 Å². The third kappa shape index (κ3) is 3.95. The number of rotatable bonds is 3. The molecule has 4 rings (SSSR count). The molecule has 3 nitrogen and oxygen atoms in total. The van der Waals surface area contributed by atoms with E-state index in [0.717, 1.165) is 16.5 Å². The van der Waals surface area contributed by atoms with E-state index in [0.29, 0.717) is 5.69 Å². The van der Waals surface area contributed by atoms with Crippen molar-refractivity contribution >= 4 is 28.6 Å². The number of anilines is 1. The second kappa shape index (κ2) is 7.14. The first-order chi connectivity index (χ1) is 13.7. The quantitative estimate of drug-likeness (QED) is 0.543. The van der Waals surface area contributed by atoms with E-state index in [4.69, 9.17) is 0 Å². The molecular formula is C26H28N2O. The highest BCUT2D eigenvalue weighted by Gasteiger charge is 2.36. The van der Waals surface area contributed by atoms with Crippen LogP contribution in [-0.2, 0) is 15.6 Å². The van der Waals surface area contributed by atoms with Gasteiger partial charge < -0.3 is 5.32 Å². The molecule has 1 N–H and O–H groups in total. The van der Waals surface area contributed by atoms with Gasteiger partial charge >= 0.3 is 0 Å². The number of carbonyl (C=O) groups is 1. The van der Waals surface area contributed by atoms with Crippen molar-refractivity contribution in [3.63, 3.8) is 0 Å². The molecule has 148 valence electrons. The number of nitrogens with one attached hydrogen (secondary N) is 1. The first-order valence-corrected chi connectivity index (χ1v) is 10.2. The number of hydrogen-bond donors (Lipinski definition) is 1. The number of hydrogen-bond acceptors (Lipinski definition) is 2. The largest absolute Gasteiger partial charge is 0.321 e. The maximum Gasteiger partial charge on any atom is 0.248 e. The predicted octanol–water partition coefficient (Wildman–Crippen LogP) is 6.24. The van der Waals surface area contributed by atoms with Crippen LogP contribution in [0.5, 0.6) is 0 Å². The minimum absolute atomic E-state index is 0.153. The third-order valence-corrected chi connectivity index (χ3v) is 6.16. The van der Waals surface area contributed by atoms with Crippen LogP contribution in [-0.4, -0.2) is 10.9 Å². The number of carbonyl (C=O) groups excluding carboxylic acids is 1. The molecule has 0 radical (unpaired) electrons. The Morgan fingerprint density at radius 1 is 0.966 bits per heavy atom. The summed E-state index contributed by atoms with van der Waals surface area (Å²) >= 11 is 0. The fraction of sp³-hybridized carbons (Fsp3) is 0.308. The van der Waals surface area contributed by atoms with Crippen LogP contribution in [0, 0.1) is 0 Å². The molecule has 0 fully saturated rings. The van der Waals surface area contributed by atoms with Gasteiger partial charge in [-0.05, 0) is 58.6 Å². The van der Waals surface area contributed by atoms with Gasteiger partial charge in [-0.1, -0.05) is 64.1 Å². The van der Waals surface area contributed by atoms with Crippen LogP contribution in [0.25, 0.3) is 17.0 Å². The molecule has 0 saturated heterocycles. The van der Waals surface area contributed by atoms with Crippen molar-refractivity contribution in [3.8, 4) is 0 Å². The molecule has 29 heavy (non-hydrogen) atoms. The Kier molecular flexibility index (Phi) is 4.77. The van der Waals surface area contributed by atoms with E-state index in [9.17, 15) is 4.79 Å². The summed E-state index contributed by atoms with van der Waals surface area (Å²) < 4.78 is 0. The zero-order valence-electron chi connectivity index (χ0n) is 17.6. The average Bonchev–Trinajstić information content (AvgIpc) is 2.70. The summed E-state index contributed by atoms with van der Waals surface area (Å²) in [6, 6.07) is 16.4. The van der Waals surface area contributed by atoms with Crippen LogP contribution in [0.15, 0.2) is 60.8 Å². The fourth-order valence-electron chi connectivity index (χ4n) is 4.21. The second-order valence-corrected chi connectivity index (χ2v) is 9.31. The predicted molar refractivity (Wildman–Crippen MR) is 121 cm³/mol. The molecule has 0 atom stereocenters. The zero-order chi connectivity index (χ0) is 20.6. The number of amides is 1. The fourth-order valence-corrected chi connectivity index (χ4v) is 4.21. The summed E-state index contributed by atoms with van der Waals surface area (Å²) in [6.45, 7) is 9.27. The molecule has 3 aromatic rings. The summed E-state index contributed by atoms with van der Waals surface area (Å²) in [6.07, 6.45) is 7.55. The zero-order valence-corrected chi connectivity index (χ0v) is 17.6. The Morgan fingerprint density at radius 2 is 1.69 bits per heavy atom. The minimum Gasteiger partial charge on any atom is -0.321 e. The SMILES string of the molecule is CC1(C)CCC(C)(C)c2cc(/C=C/C(=O)Nc3cnc4ccccc4c3)ccc21. The van der Waals surface area contributed by atoms with Crippen LogP contribution in [0.2, 0.25) is 0 Å². The number of fused-ring (bicyclic) bond motifs is 2. The summed E-state index contributed by atoms with van der Waals surface area (Å²) in [5.41, 5.74) is 5.86. The van der Waals surface area contributed by atoms with Gasteiger partial charge in [-0.3, -0.25) is 9.78 Å². The van der Waals surface area contributed by atoms with Crippen molar-refractivity contribution in [2.75, 3.05) is 5.32 Å². The Bertz CT molecular complexity index is 1110. The van der Waals surface area contributed by atoms with E-state index in [-0.39, 0.29) is 16.7 Å². The standard InChI is InChI=1S/C26H28N2O/c1-25(2)13-14-26(3,4)22-15-18(9-11-21(22)25)10-12-24(29)28-20-16-19-7-5-6-8-23(19)27-17-20/h5-12,15-17H,13-14H2,1-4H3,(H,28,29)/b12-10+. The highest BCUT2D eigenvalue weighted by molar-refractivity contribution is 6.02. The lowest BCUT2D eigenvalue weighted by molar-refractivity contribution is -0.111. The van der Waals surface area contributed by atoms with Crippen LogP contribution < -0.4 is 5.32 Å². The van der Waals surface area contributed by atoms with Crippen molar-refractivity contribution in [1.82, 2.24) is 4.98 Å². The van der Waals surface area contributed by atoms with Gasteiger partial charge in [0.25, 0.3) is 0 Å². The Morgan fingerprint density at radius 3 is 2.48 bits per heavy atom. The maximum absolute atomic E-state index is 12.4. The maximum atomic E-state index is 12.4. The summed E-state index contributed by atoms with van der Waals surface area (Å²) in [7, 11) is 0. The number of nitrogens with zero attached hydrogens (tertiary/aromatic N) is 1. The molecule has 0 saturated carbocycles. The molecule has 0 unspecified atom stereocenters. The van der Waals surface area contributed by atoms with Gasteiger partial charge in [0, 0.05) is 11.5 Å². The van der Waals surface area contributed by atoms with Gasteiger partial charge in [-0.15, -0.1) is 0 Å². The lowest BCUT2D eigenvalue weighted by Gasteiger charge is -2.42. The molecule has 1 aliphatic rings. The van der Waals surface area contributed by atoms with E-state index in [2.05, 4.69) is 56.2 Å². The van der Waals surface area contributed by atoms with Crippen LogP contribution >= 0.6 is 0 Å². The molecule has 1 aliphatic carbocycles. The number of benzene rings is 2. The number of para-hydroxylation sites is 1. The highest BCUT2D eigenvalue weighted by Crippen LogP contribution is 2.45. The molecule has 1 amide bonds. The Labute approximate surface area is 172 Å². The van der Waals surface area contributed by atoms with E-state index in [1.165, 1.54) is 24.0 Å². The topological polar surface area (TPSA) is 42.0 Å². The third-order valence-electron chi connectivity index (χ3n) is 6.16. The van der Waals surface area contributed by atoms with Gasteiger partial charge in [-0.25, -0.2) is 0 Å². The van der Waals surface area contributed by atoms with Gasteiger partial charge in [-0.2, -0.15) is 0 Å². The van der Waals surface area contributed by atoms with Crippen molar-refractivity contribution in [3.05, 3.63) is 77.5 Å². The van der Waals surface area contributed by atoms with Gasteiger partial charge in [0.05, 0.1) is 17.4 Å².